The highest BCUT2D eigenvalue weighted by molar-refractivity contribution is 6.35. The summed E-state index contributed by atoms with van der Waals surface area (Å²) in [5.41, 5.74) is 0.0270. The standard InChI is InChI=1S/C7H4Cl2O2.ClH/c8-4-1-2-6(9)5(3-4)7(10)11;/h1-3H,(H,10,11);1H. The van der Waals surface area contributed by atoms with Crippen LogP contribution in [0.1, 0.15) is 10.4 Å². The van der Waals surface area contributed by atoms with E-state index in [1.54, 1.807) is 0 Å². The van der Waals surface area contributed by atoms with Crippen LogP contribution in [0.5, 0.6) is 0 Å². The third-order valence-corrected chi connectivity index (χ3v) is 1.72. The molecule has 0 aliphatic heterocycles. The Morgan fingerprint density at radius 2 is 1.92 bits per heavy atom. The molecule has 0 aromatic heterocycles. The average molecular weight is 227 g/mol. The Bertz CT molecular complexity index is 299. The molecule has 1 N–H and O–H groups in total. The third kappa shape index (κ3) is 2.55. The lowest BCUT2D eigenvalue weighted by atomic mass is 10.2. The van der Waals surface area contributed by atoms with Crippen LogP contribution >= 0.6 is 35.6 Å². The van der Waals surface area contributed by atoms with E-state index in [1.807, 2.05) is 0 Å². The summed E-state index contributed by atoms with van der Waals surface area (Å²) in [5.74, 6) is -1.07. The van der Waals surface area contributed by atoms with Gasteiger partial charge in [-0.1, -0.05) is 23.2 Å². The summed E-state index contributed by atoms with van der Waals surface area (Å²) in [6, 6.07) is 4.30. The van der Waals surface area contributed by atoms with Gasteiger partial charge < -0.3 is 5.11 Å². The molecule has 1 aromatic carbocycles. The maximum atomic E-state index is 10.4. The number of aromatic carboxylic acids is 1. The summed E-state index contributed by atoms with van der Waals surface area (Å²) in [4.78, 5) is 10.4. The average Bonchev–Trinajstić information content (AvgIpc) is 1.94. The lowest BCUT2D eigenvalue weighted by molar-refractivity contribution is 0.0697. The van der Waals surface area contributed by atoms with E-state index in [9.17, 15) is 4.79 Å². The molecule has 0 aliphatic carbocycles. The number of carboxylic acid groups (broad SMARTS) is 1. The molecule has 0 unspecified atom stereocenters. The first-order chi connectivity index (χ1) is 5.11. The van der Waals surface area contributed by atoms with Crippen molar-refractivity contribution in [3.8, 4) is 0 Å². The van der Waals surface area contributed by atoms with E-state index < -0.39 is 5.97 Å². The van der Waals surface area contributed by atoms with Crippen molar-refractivity contribution in [3.05, 3.63) is 33.8 Å². The van der Waals surface area contributed by atoms with Crippen molar-refractivity contribution in [2.75, 3.05) is 0 Å². The van der Waals surface area contributed by atoms with Gasteiger partial charge in [0, 0.05) is 5.02 Å². The Labute approximate surface area is 85.5 Å². The highest BCUT2D eigenvalue weighted by Crippen LogP contribution is 2.20. The van der Waals surface area contributed by atoms with Crippen molar-refractivity contribution in [3.63, 3.8) is 0 Å². The molecule has 0 heterocycles. The number of carbonyl (C=O) groups is 1. The molecular weight excluding hydrogens is 222 g/mol. The number of benzene rings is 1. The molecule has 0 fully saturated rings. The van der Waals surface area contributed by atoms with Crippen LogP contribution < -0.4 is 0 Å². The molecule has 0 spiro atoms. The van der Waals surface area contributed by atoms with Crippen LogP contribution in [0, 0.1) is 0 Å². The molecule has 0 saturated heterocycles. The molecule has 0 bridgehead atoms. The van der Waals surface area contributed by atoms with E-state index in [2.05, 4.69) is 0 Å². The molecule has 0 aliphatic rings. The van der Waals surface area contributed by atoms with Gasteiger partial charge in [0.1, 0.15) is 0 Å². The van der Waals surface area contributed by atoms with Crippen molar-refractivity contribution in [2.45, 2.75) is 0 Å². The minimum atomic E-state index is -1.07. The van der Waals surface area contributed by atoms with Crippen LogP contribution in [0.3, 0.4) is 0 Å². The largest absolute Gasteiger partial charge is 0.478 e. The lowest BCUT2D eigenvalue weighted by Crippen LogP contribution is -1.96. The van der Waals surface area contributed by atoms with Gasteiger partial charge in [-0.15, -0.1) is 12.4 Å². The Kier molecular flexibility index (Phi) is 4.39. The van der Waals surface area contributed by atoms with Crippen LogP contribution in [0.2, 0.25) is 10.0 Å². The predicted octanol–water partition coefficient (Wildman–Crippen LogP) is 3.11. The zero-order valence-corrected chi connectivity index (χ0v) is 8.08. The van der Waals surface area contributed by atoms with Gasteiger partial charge in [-0.3, -0.25) is 0 Å². The van der Waals surface area contributed by atoms with Gasteiger partial charge in [-0.05, 0) is 18.2 Å². The number of hydrogen-bond donors (Lipinski definition) is 1. The molecule has 0 saturated carbocycles. The van der Waals surface area contributed by atoms with Crippen molar-refractivity contribution in [2.24, 2.45) is 0 Å². The van der Waals surface area contributed by atoms with Gasteiger partial charge in [0.2, 0.25) is 0 Å². The van der Waals surface area contributed by atoms with Gasteiger partial charge in [-0.25, -0.2) is 4.79 Å². The maximum Gasteiger partial charge on any atom is 0.337 e. The van der Waals surface area contributed by atoms with Gasteiger partial charge in [0.05, 0.1) is 10.6 Å². The monoisotopic (exact) mass is 226 g/mol. The van der Waals surface area contributed by atoms with E-state index in [-0.39, 0.29) is 23.0 Å². The first-order valence-corrected chi connectivity index (χ1v) is 3.55. The molecule has 12 heavy (non-hydrogen) atoms. The van der Waals surface area contributed by atoms with Crippen molar-refractivity contribution in [1.82, 2.24) is 0 Å². The minimum Gasteiger partial charge on any atom is -0.478 e. The Balaban J connectivity index is 0.00000121. The van der Waals surface area contributed by atoms with Crippen LogP contribution in [0.15, 0.2) is 18.2 Å². The van der Waals surface area contributed by atoms with E-state index in [4.69, 9.17) is 28.3 Å². The fourth-order valence-electron chi connectivity index (χ4n) is 0.661. The molecule has 0 atom stereocenters. The molecule has 1 aromatic rings. The molecule has 2 nitrogen and oxygen atoms in total. The van der Waals surface area contributed by atoms with Gasteiger partial charge in [0.15, 0.2) is 0 Å². The van der Waals surface area contributed by atoms with E-state index in [1.165, 1.54) is 18.2 Å². The van der Waals surface area contributed by atoms with Gasteiger partial charge >= 0.3 is 5.97 Å². The quantitative estimate of drug-likeness (QED) is 0.800. The fourth-order valence-corrected chi connectivity index (χ4v) is 1.03. The Morgan fingerprint density at radius 1 is 1.33 bits per heavy atom. The van der Waals surface area contributed by atoms with Crippen molar-refractivity contribution in [1.29, 1.82) is 0 Å². The second-order valence-electron chi connectivity index (χ2n) is 1.93. The minimum absolute atomic E-state index is 0. The Morgan fingerprint density at radius 3 is 2.33 bits per heavy atom. The summed E-state index contributed by atoms with van der Waals surface area (Å²) < 4.78 is 0. The molecule has 5 heteroatoms. The summed E-state index contributed by atoms with van der Waals surface area (Å²) >= 11 is 11.1. The molecular formula is C7H5Cl3O2. The molecule has 66 valence electrons. The van der Waals surface area contributed by atoms with Crippen LogP contribution in [-0.2, 0) is 0 Å². The lowest BCUT2D eigenvalue weighted by Gasteiger charge is -1.97. The maximum absolute atomic E-state index is 10.4. The third-order valence-electron chi connectivity index (χ3n) is 1.16. The topological polar surface area (TPSA) is 37.3 Å². The second-order valence-corrected chi connectivity index (χ2v) is 2.77. The summed E-state index contributed by atoms with van der Waals surface area (Å²) in [5, 5.41) is 9.11. The zero-order valence-electron chi connectivity index (χ0n) is 5.75. The SMILES string of the molecule is Cl.O=C(O)c1cc(Cl)ccc1Cl. The summed E-state index contributed by atoms with van der Waals surface area (Å²) in [6.07, 6.45) is 0. The van der Waals surface area contributed by atoms with Crippen LogP contribution in [-0.4, -0.2) is 11.1 Å². The molecule has 1 rings (SSSR count). The number of halogens is 3. The first kappa shape index (κ1) is 11.6. The second kappa shape index (κ2) is 4.55. The Hall–Kier alpha value is -0.440. The van der Waals surface area contributed by atoms with Crippen molar-refractivity contribution < 1.29 is 9.90 Å². The van der Waals surface area contributed by atoms with Gasteiger partial charge in [-0.2, -0.15) is 0 Å². The predicted molar refractivity (Wildman–Crippen MR) is 50.7 cm³/mol. The molecule has 0 amide bonds. The van der Waals surface area contributed by atoms with Crippen LogP contribution in [0.25, 0.3) is 0 Å². The number of carboxylic acids is 1. The summed E-state index contributed by atoms with van der Waals surface area (Å²) in [7, 11) is 0. The van der Waals surface area contributed by atoms with Gasteiger partial charge in [0.25, 0.3) is 0 Å². The highest BCUT2D eigenvalue weighted by Gasteiger charge is 2.07. The van der Waals surface area contributed by atoms with Crippen LogP contribution in [0.4, 0.5) is 0 Å². The number of hydrogen-bond acceptors (Lipinski definition) is 1. The van der Waals surface area contributed by atoms with E-state index in [0.29, 0.717) is 5.02 Å². The fraction of sp³-hybridized carbons (Fsp3) is 0. The number of rotatable bonds is 1. The smallest absolute Gasteiger partial charge is 0.337 e. The zero-order chi connectivity index (χ0) is 8.43. The van der Waals surface area contributed by atoms with E-state index in [0.717, 1.165) is 0 Å². The molecule has 0 radical (unpaired) electrons. The van der Waals surface area contributed by atoms with E-state index >= 15 is 0 Å². The summed E-state index contributed by atoms with van der Waals surface area (Å²) in [6.45, 7) is 0. The normalized spacial score (nSPS) is 8.83. The van der Waals surface area contributed by atoms with Crippen molar-refractivity contribution >= 4 is 41.6 Å². The highest BCUT2D eigenvalue weighted by atomic mass is 35.5. The first-order valence-electron chi connectivity index (χ1n) is 2.79.